The fourth-order valence-electron chi connectivity index (χ4n) is 2.75. The Morgan fingerprint density at radius 1 is 1.28 bits per heavy atom. The number of fused-ring (bicyclic) bond motifs is 2. The Labute approximate surface area is 143 Å². The molecule has 126 valence electrons. The van der Waals surface area contributed by atoms with Gasteiger partial charge in [-0.1, -0.05) is 6.07 Å². The van der Waals surface area contributed by atoms with E-state index in [9.17, 15) is 4.79 Å². The summed E-state index contributed by atoms with van der Waals surface area (Å²) in [6.45, 7) is 0.313. The maximum atomic E-state index is 12.3. The van der Waals surface area contributed by atoms with Crippen molar-refractivity contribution < 1.29 is 13.9 Å². The highest BCUT2D eigenvalue weighted by molar-refractivity contribution is 5.88. The lowest BCUT2D eigenvalue weighted by molar-refractivity contribution is -0.120. The summed E-state index contributed by atoms with van der Waals surface area (Å²) in [6, 6.07) is 11.2. The normalized spacial score (nSPS) is 11.1. The van der Waals surface area contributed by atoms with Gasteiger partial charge >= 0.3 is 0 Å². The van der Waals surface area contributed by atoms with Gasteiger partial charge in [0.25, 0.3) is 0 Å². The Morgan fingerprint density at radius 2 is 2.20 bits per heavy atom. The number of hydrogen-bond donors (Lipinski definition) is 1. The summed E-state index contributed by atoms with van der Waals surface area (Å²) in [5.41, 5.74) is 2.29. The molecule has 0 aliphatic heterocycles. The molecule has 25 heavy (non-hydrogen) atoms. The second kappa shape index (κ2) is 6.27. The van der Waals surface area contributed by atoms with Gasteiger partial charge in [-0.3, -0.25) is 9.20 Å². The van der Waals surface area contributed by atoms with Crippen molar-refractivity contribution in [2.75, 3.05) is 7.11 Å². The number of pyridine rings is 1. The third-order valence-corrected chi connectivity index (χ3v) is 4.04. The number of furan rings is 1. The molecule has 7 heteroatoms. The molecule has 0 fully saturated rings. The molecule has 3 heterocycles. The molecule has 0 aliphatic rings. The molecule has 3 aromatic heterocycles. The molecule has 0 atom stereocenters. The lowest BCUT2D eigenvalue weighted by Gasteiger charge is -2.04. The van der Waals surface area contributed by atoms with Crippen molar-refractivity contribution >= 4 is 22.5 Å². The molecule has 7 nitrogen and oxygen atoms in total. The molecule has 0 bridgehead atoms. The predicted molar refractivity (Wildman–Crippen MR) is 91.3 cm³/mol. The van der Waals surface area contributed by atoms with E-state index in [1.54, 1.807) is 19.4 Å². The van der Waals surface area contributed by atoms with Crippen LogP contribution in [0.3, 0.4) is 0 Å². The van der Waals surface area contributed by atoms with E-state index in [0.29, 0.717) is 18.0 Å². The third-order valence-electron chi connectivity index (χ3n) is 4.04. The van der Waals surface area contributed by atoms with E-state index in [0.717, 1.165) is 22.3 Å². The van der Waals surface area contributed by atoms with Crippen molar-refractivity contribution in [3.8, 4) is 5.75 Å². The highest BCUT2D eigenvalue weighted by Gasteiger charge is 2.12. The van der Waals surface area contributed by atoms with Gasteiger partial charge < -0.3 is 14.5 Å². The summed E-state index contributed by atoms with van der Waals surface area (Å²) in [5, 5.41) is 11.9. The van der Waals surface area contributed by atoms with Crippen LogP contribution in [0.2, 0.25) is 0 Å². The third kappa shape index (κ3) is 2.91. The van der Waals surface area contributed by atoms with Gasteiger partial charge in [-0.25, -0.2) is 0 Å². The number of nitrogens with zero attached hydrogens (tertiary/aromatic N) is 3. The molecule has 0 saturated heterocycles. The number of amides is 1. The summed E-state index contributed by atoms with van der Waals surface area (Å²) in [5.74, 6) is 1.30. The quantitative estimate of drug-likeness (QED) is 0.605. The zero-order valence-corrected chi connectivity index (χ0v) is 13.6. The molecule has 0 radical (unpaired) electrons. The summed E-state index contributed by atoms with van der Waals surface area (Å²) in [4.78, 5) is 12.3. The summed E-state index contributed by atoms with van der Waals surface area (Å²) < 4.78 is 12.5. The SMILES string of the molecule is COc1ccc2c(CC(=O)NCc3nnc4ccccn34)coc2c1. The van der Waals surface area contributed by atoms with E-state index in [4.69, 9.17) is 9.15 Å². The number of aromatic nitrogens is 3. The second-order valence-electron chi connectivity index (χ2n) is 5.62. The van der Waals surface area contributed by atoms with Crippen LogP contribution in [0.5, 0.6) is 5.75 Å². The molecule has 1 N–H and O–H groups in total. The van der Waals surface area contributed by atoms with E-state index in [-0.39, 0.29) is 12.3 Å². The molecule has 0 aliphatic carbocycles. The van der Waals surface area contributed by atoms with E-state index >= 15 is 0 Å². The smallest absolute Gasteiger partial charge is 0.224 e. The first kappa shape index (κ1) is 15.2. The van der Waals surface area contributed by atoms with Crippen LogP contribution >= 0.6 is 0 Å². The molecule has 0 spiro atoms. The average Bonchev–Trinajstić information content (AvgIpc) is 3.24. The van der Waals surface area contributed by atoms with Crippen molar-refractivity contribution in [1.29, 1.82) is 0 Å². The minimum atomic E-state index is -0.105. The fraction of sp³-hybridized carbons (Fsp3) is 0.167. The summed E-state index contributed by atoms with van der Waals surface area (Å²) in [6.07, 6.45) is 3.71. The molecular weight excluding hydrogens is 320 g/mol. The molecular formula is C18H16N4O3. The monoisotopic (exact) mass is 336 g/mol. The molecule has 1 amide bonds. The van der Waals surface area contributed by atoms with Crippen LogP contribution in [0.15, 0.2) is 53.3 Å². The van der Waals surface area contributed by atoms with Gasteiger partial charge in [0.1, 0.15) is 11.3 Å². The van der Waals surface area contributed by atoms with Crippen molar-refractivity contribution in [2.24, 2.45) is 0 Å². The second-order valence-corrected chi connectivity index (χ2v) is 5.62. The minimum absolute atomic E-state index is 0.105. The zero-order chi connectivity index (χ0) is 17.2. The fourth-order valence-corrected chi connectivity index (χ4v) is 2.75. The van der Waals surface area contributed by atoms with Crippen LogP contribution in [0, 0.1) is 0 Å². The standard InChI is InChI=1S/C18H16N4O3/c1-24-13-5-6-14-12(11-25-15(14)9-13)8-18(23)19-10-17-21-20-16-4-2-3-7-22(16)17/h2-7,9,11H,8,10H2,1H3,(H,19,23). The lowest BCUT2D eigenvalue weighted by atomic mass is 10.1. The largest absolute Gasteiger partial charge is 0.497 e. The predicted octanol–water partition coefficient (Wildman–Crippen LogP) is 2.34. The first-order valence-corrected chi connectivity index (χ1v) is 7.84. The zero-order valence-electron chi connectivity index (χ0n) is 13.6. The maximum absolute atomic E-state index is 12.3. The summed E-state index contributed by atoms with van der Waals surface area (Å²) in [7, 11) is 1.60. The van der Waals surface area contributed by atoms with E-state index in [1.807, 2.05) is 40.9 Å². The topological polar surface area (TPSA) is 81.7 Å². The van der Waals surface area contributed by atoms with Gasteiger partial charge in [0, 0.05) is 23.2 Å². The van der Waals surface area contributed by atoms with E-state index < -0.39 is 0 Å². The summed E-state index contributed by atoms with van der Waals surface area (Å²) >= 11 is 0. The van der Waals surface area contributed by atoms with Crippen molar-refractivity contribution in [3.63, 3.8) is 0 Å². The number of methoxy groups -OCH3 is 1. The molecule has 0 unspecified atom stereocenters. The number of rotatable bonds is 5. The Balaban J connectivity index is 1.45. The van der Waals surface area contributed by atoms with Crippen LogP contribution in [0.25, 0.3) is 16.6 Å². The van der Waals surface area contributed by atoms with Crippen LogP contribution in [0.4, 0.5) is 0 Å². The van der Waals surface area contributed by atoms with Crippen LogP contribution < -0.4 is 10.1 Å². The average molecular weight is 336 g/mol. The maximum Gasteiger partial charge on any atom is 0.224 e. The van der Waals surface area contributed by atoms with Crippen molar-refractivity contribution in [3.05, 3.63) is 60.2 Å². The number of carbonyl (C=O) groups excluding carboxylic acids is 1. The van der Waals surface area contributed by atoms with Gasteiger partial charge in [0.2, 0.25) is 5.91 Å². The van der Waals surface area contributed by atoms with E-state index in [1.165, 1.54) is 0 Å². The first-order chi connectivity index (χ1) is 12.2. The van der Waals surface area contributed by atoms with Crippen LogP contribution in [-0.4, -0.2) is 27.6 Å². The Morgan fingerprint density at radius 3 is 3.08 bits per heavy atom. The first-order valence-electron chi connectivity index (χ1n) is 7.84. The molecule has 4 rings (SSSR count). The van der Waals surface area contributed by atoms with Gasteiger partial charge in [-0.15, -0.1) is 10.2 Å². The number of benzene rings is 1. The number of carbonyl (C=O) groups is 1. The highest BCUT2D eigenvalue weighted by atomic mass is 16.5. The van der Waals surface area contributed by atoms with Crippen LogP contribution in [0.1, 0.15) is 11.4 Å². The molecule has 4 aromatic rings. The highest BCUT2D eigenvalue weighted by Crippen LogP contribution is 2.25. The number of nitrogens with one attached hydrogen (secondary N) is 1. The van der Waals surface area contributed by atoms with Crippen LogP contribution in [-0.2, 0) is 17.8 Å². The molecule has 1 aromatic carbocycles. The van der Waals surface area contributed by atoms with Crippen molar-refractivity contribution in [2.45, 2.75) is 13.0 Å². The van der Waals surface area contributed by atoms with Gasteiger partial charge in [0.15, 0.2) is 11.5 Å². The Hall–Kier alpha value is -3.35. The van der Waals surface area contributed by atoms with Gasteiger partial charge in [-0.05, 0) is 24.3 Å². The minimum Gasteiger partial charge on any atom is -0.497 e. The Kier molecular flexibility index (Phi) is 3.81. The number of hydrogen-bond acceptors (Lipinski definition) is 5. The van der Waals surface area contributed by atoms with Crippen molar-refractivity contribution in [1.82, 2.24) is 19.9 Å². The lowest BCUT2D eigenvalue weighted by Crippen LogP contribution is -2.25. The van der Waals surface area contributed by atoms with E-state index in [2.05, 4.69) is 15.5 Å². The van der Waals surface area contributed by atoms with Gasteiger partial charge in [-0.2, -0.15) is 0 Å². The van der Waals surface area contributed by atoms with Gasteiger partial charge in [0.05, 0.1) is 26.3 Å². The molecule has 0 saturated carbocycles. The number of ether oxygens (including phenoxy) is 1. The Bertz CT molecular complexity index is 1050.